The van der Waals surface area contributed by atoms with E-state index in [0.29, 0.717) is 6.54 Å². The summed E-state index contributed by atoms with van der Waals surface area (Å²) in [6.07, 6.45) is 1.10. The van der Waals surface area contributed by atoms with E-state index in [2.05, 4.69) is 66.8 Å². The molecule has 0 saturated carbocycles. The molecule has 1 atom stereocenters. The molecule has 0 saturated heterocycles. The van der Waals surface area contributed by atoms with Crippen LogP contribution in [0.15, 0.2) is 28.7 Å². The Hall–Kier alpha value is -0.380. The fourth-order valence-corrected chi connectivity index (χ4v) is 2.46. The van der Waals surface area contributed by atoms with Crippen LogP contribution >= 0.6 is 15.9 Å². The second-order valence-corrected chi connectivity index (χ2v) is 5.90. The highest BCUT2D eigenvalue weighted by Crippen LogP contribution is 2.31. The van der Waals surface area contributed by atoms with Crippen LogP contribution in [0.1, 0.15) is 38.8 Å². The predicted molar refractivity (Wildman–Crippen MR) is 78.1 cm³/mol. The maximum Gasteiger partial charge on any atom is 0.0483 e. The Kier molecular flexibility index (Phi) is 5.17. The SMILES string of the molecule is CCC(C)(C)N(C)C(CN)c1ccccc1Br. The van der Waals surface area contributed by atoms with Gasteiger partial charge in [-0.1, -0.05) is 41.1 Å². The van der Waals surface area contributed by atoms with Gasteiger partial charge in [0.2, 0.25) is 0 Å². The van der Waals surface area contributed by atoms with E-state index in [0.717, 1.165) is 10.9 Å². The van der Waals surface area contributed by atoms with Gasteiger partial charge in [-0.05, 0) is 38.9 Å². The molecule has 0 aromatic heterocycles. The van der Waals surface area contributed by atoms with Gasteiger partial charge in [-0.25, -0.2) is 0 Å². The smallest absolute Gasteiger partial charge is 0.0483 e. The zero-order valence-corrected chi connectivity index (χ0v) is 12.8. The minimum Gasteiger partial charge on any atom is -0.329 e. The topological polar surface area (TPSA) is 29.3 Å². The van der Waals surface area contributed by atoms with Gasteiger partial charge in [-0.15, -0.1) is 0 Å². The third-order valence-corrected chi connectivity index (χ3v) is 4.50. The molecule has 2 N–H and O–H groups in total. The summed E-state index contributed by atoms with van der Waals surface area (Å²) < 4.78 is 1.13. The van der Waals surface area contributed by atoms with E-state index >= 15 is 0 Å². The summed E-state index contributed by atoms with van der Waals surface area (Å²) in [5.74, 6) is 0. The summed E-state index contributed by atoms with van der Waals surface area (Å²) >= 11 is 3.61. The highest BCUT2D eigenvalue weighted by molar-refractivity contribution is 9.10. The molecule has 3 heteroatoms. The summed E-state index contributed by atoms with van der Waals surface area (Å²) in [4.78, 5) is 2.37. The number of likely N-dealkylation sites (N-methyl/N-ethyl adjacent to an activating group) is 1. The summed E-state index contributed by atoms with van der Waals surface area (Å²) in [6.45, 7) is 7.35. The number of nitrogens with two attached hydrogens (primary N) is 1. The first kappa shape index (κ1) is 14.7. The van der Waals surface area contributed by atoms with Crippen molar-refractivity contribution < 1.29 is 0 Å². The Labute approximate surface area is 113 Å². The Morgan fingerprint density at radius 2 is 1.94 bits per heavy atom. The number of nitrogens with zero attached hydrogens (tertiary/aromatic N) is 1. The summed E-state index contributed by atoms with van der Waals surface area (Å²) in [7, 11) is 2.15. The summed E-state index contributed by atoms with van der Waals surface area (Å²) in [5, 5.41) is 0. The van der Waals surface area contributed by atoms with Crippen molar-refractivity contribution in [2.75, 3.05) is 13.6 Å². The molecule has 1 aromatic rings. The van der Waals surface area contributed by atoms with Crippen LogP contribution in [0.25, 0.3) is 0 Å². The fraction of sp³-hybridized carbons (Fsp3) is 0.571. The third-order valence-electron chi connectivity index (χ3n) is 3.78. The molecule has 1 aromatic carbocycles. The maximum absolute atomic E-state index is 5.96. The first-order chi connectivity index (χ1) is 7.94. The van der Waals surface area contributed by atoms with Gasteiger partial charge in [0.05, 0.1) is 0 Å². The average Bonchev–Trinajstić information content (AvgIpc) is 2.32. The highest BCUT2D eigenvalue weighted by atomic mass is 79.9. The van der Waals surface area contributed by atoms with Crippen molar-refractivity contribution in [3.05, 3.63) is 34.3 Å². The molecule has 0 radical (unpaired) electrons. The number of hydrogen-bond acceptors (Lipinski definition) is 2. The van der Waals surface area contributed by atoms with Crippen molar-refractivity contribution in [2.45, 2.75) is 38.8 Å². The Balaban J connectivity index is 3.04. The van der Waals surface area contributed by atoms with Crippen LogP contribution in [0.2, 0.25) is 0 Å². The maximum atomic E-state index is 5.96. The van der Waals surface area contributed by atoms with Gasteiger partial charge in [-0.2, -0.15) is 0 Å². The van der Waals surface area contributed by atoms with Crippen LogP contribution in [0, 0.1) is 0 Å². The molecule has 0 aliphatic carbocycles. The minimum atomic E-state index is 0.152. The van der Waals surface area contributed by atoms with Crippen molar-refractivity contribution in [1.82, 2.24) is 4.90 Å². The first-order valence-electron chi connectivity index (χ1n) is 6.11. The van der Waals surface area contributed by atoms with E-state index in [9.17, 15) is 0 Å². The van der Waals surface area contributed by atoms with Crippen LogP contribution in [-0.4, -0.2) is 24.0 Å². The largest absolute Gasteiger partial charge is 0.329 e. The van der Waals surface area contributed by atoms with Gasteiger partial charge in [-0.3, -0.25) is 4.90 Å². The Morgan fingerprint density at radius 1 is 1.35 bits per heavy atom. The van der Waals surface area contributed by atoms with Gasteiger partial charge in [0.1, 0.15) is 0 Å². The van der Waals surface area contributed by atoms with Crippen LogP contribution in [0.3, 0.4) is 0 Å². The van der Waals surface area contributed by atoms with Crippen molar-refractivity contribution in [3.63, 3.8) is 0 Å². The lowest BCUT2D eigenvalue weighted by Gasteiger charge is -2.40. The normalized spacial score (nSPS) is 14.1. The second kappa shape index (κ2) is 5.98. The molecule has 0 aliphatic rings. The Morgan fingerprint density at radius 3 is 2.41 bits per heavy atom. The predicted octanol–water partition coefficient (Wildman–Crippen LogP) is 3.57. The zero-order valence-electron chi connectivity index (χ0n) is 11.2. The molecule has 17 heavy (non-hydrogen) atoms. The lowest BCUT2D eigenvalue weighted by Crippen LogP contribution is -2.45. The van der Waals surface area contributed by atoms with Gasteiger partial charge in [0.25, 0.3) is 0 Å². The van der Waals surface area contributed by atoms with Crippen LogP contribution in [-0.2, 0) is 0 Å². The van der Waals surface area contributed by atoms with E-state index in [-0.39, 0.29) is 11.6 Å². The highest BCUT2D eigenvalue weighted by Gasteiger charge is 2.28. The van der Waals surface area contributed by atoms with Crippen molar-refractivity contribution >= 4 is 15.9 Å². The van der Waals surface area contributed by atoms with E-state index in [4.69, 9.17) is 5.73 Å². The molecule has 0 aliphatic heterocycles. The molecule has 0 amide bonds. The monoisotopic (exact) mass is 298 g/mol. The lowest BCUT2D eigenvalue weighted by molar-refractivity contribution is 0.100. The number of hydrogen-bond donors (Lipinski definition) is 1. The molecule has 0 bridgehead atoms. The number of halogens is 1. The molecule has 2 nitrogen and oxygen atoms in total. The second-order valence-electron chi connectivity index (χ2n) is 5.05. The molecule has 0 spiro atoms. The van der Waals surface area contributed by atoms with E-state index < -0.39 is 0 Å². The average molecular weight is 299 g/mol. The van der Waals surface area contributed by atoms with Gasteiger partial charge >= 0.3 is 0 Å². The Bertz CT molecular complexity index is 363. The van der Waals surface area contributed by atoms with Crippen molar-refractivity contribution in [3.8, 4) is 0 Å². The zero-order chi connectivity index (χ0) is 13.1. The third kappa shape index (κ3) is 3.30. The molecule has 96 valence electrons. The summed E-state index contributed by atoms with van der Waals surface area (Å²) in [5.41, 5.74) is 7.38. The molecular formula is C14H23BrN2. The minimum absolute atomic E-state index is 0.152. The van der Waals surface area contributed by atoms with Crippen molar-refractivity contribution in [2.24, 2.45) is 5.73 Å². The van der Waals surface area contributed by atoms with Gasteiger partial charge < -0.3 is 5.73 Å². The van der Waals surface area contributed by atoms with Gasteiger partial charge in [0.15, 0.2) is 0 Å². The standard InChI is InChI=1S/C14H23BrN2/c1-5-14(2,3)17(4)13(10-16)11-8-6-7-9-12(11)15/h6-9,13H,5,10,16H2,1-4H3. The van der Waals surface area contributed by atoms with Crippen LogP contribution in [0.4, 0.5) is 0 Å². The van der Waals surface area contributed by atoms with Crippen LogP contribution in [0.5, 0.6) is 0 Å². The molecule has 1 unspecified atom stereocenters. The summed E-state index contributed by atoms with van der Waals surface area (Å²) in [6, 6.07) is 8.57. The van der Waals surface area contributed by atoms with E-state index in [1.807, 2.05) is 6.07 Å². The quantitative estimate of drug-likeness (QED) is 0.900. The number of rotatable bonds is 5. The molecule has 0 fully saturated rings. The number of benzene rings is 1. The molecular weight excluding hydrogens is 276 g/mol. The molecule has 1 rings (SSSR count). The van der Waals surface area contributed by atoms with Gasteiger partial charge in [0, 0.05) is 22.6 Å². The first-order valence-corrected chi connectivity index (χ1v) is 6.90. The van der Waals surface area contributed by atoms with Crippen molar-refractivity contribution in [1.29, 1.82) is 0 Å². The van der Waals surface area contributed by atoms with E-state index in [1.165, 1.54) is 5.56 Å². The van der Waals surface area contributed by atoms with Crippen LogP contribution < -0.4 is 5.73 Å². The molecule has 0 heterocycles. The fourth-order valence-electron chi connectivity index (χ4n) is 1.91. The lowest BCUT2D eigenvalue weighted by atomic mass is 9.95. The van der Waals surface area contributed by atoms with E-state index in [1.54, 1.807) is 0 Å².